The van der Waals surface area contributed by atoms with Crippen molar-refractivity contribution in [2.75, 3.05) is 26.3 Å². The third-order valence-electron chi connectivity index (χ3n) is 9.93. The van der Waals surface area contributed by atoms with Crippen LogP contribution in [0.2, 0.25) is 5.02 Å². The maximum Gasteiger partial charge on any atom is 0.234 e. The summed E-state index contributed by atoms with van der Waals surface area (Å²) < 4.78 is 6.32. The first-order chi connectivity index (χ1) is 20.9. The van der Waals surface area contributed by atoms with E-state index in [4.69, 9.17) is 16.3 Å². The van der Waals surface area contributed by atoms with Gasteiger partial charge in [-0.1, -0.05) is 60.5 Å². The number of carbonyl (C=O) groups is 2. The number of hydrogen-bond acceptors (Lipinski definition) is 6. The molecule has 0 aromatic heterocycles. The van der Waals surface area contributed by atoms with E-state index < -0.39 is 11.8 Å². The standard InChI is InChI=1S/C35H41ClN2O5/c1-2-22(16-24-9-10-27(40)18-30(24)36)8-11-31-32-25(20-39)17-28-33(29(32)21-43-31)35(42)38(34(28)41)26-12-14-37(15-13-26)19-23-6-4-3-5-7-23/h3-7,9-10,16,18,26,28-29,31,33,39-40H,2,8,11-15,17,19-21H2,1H3/b22-16+/t28-,29+,31-,33-/m1/s1. The third-order valence-corrected chi connectivity index (χ3v) is 10.3. The van der Waals surface area contributed by atoms with Gasteiger partial charge in [0.15, 0.2) is 0 Å². The van der Waals surface area contributed by atoms with Crippen LogP contribution in [0, 0.1) is 17.8 Å². The first kappa shape index (κ1) is 30.1. The van der Waals surface area contributed by atoms with Crippen LogP contribution in [0.25, 0.3) is 6.08 Å². The molecule has 0 spiro atoms. The number of aromatic hydroxyl groups is 1. The van der Waals surface area contributed by atoms with Gasteiger partial charge in [-0.25, -0.2) is 0 Å². The molecule has 3 aliphatic heterocycles. The highest BCUT2D eigenvalue weighted by Gasteiger charge is 2.58. The van der Waals surface area contributed by atoms with Gasteiger partial charge in [0.05, 0.1) is 36.2 Å². The number of ether oxygens (including phenoxy) is 1. The highest BCUT2D eigenvalue weighted by Crippen LogP contribution is 2.50. The fourth-order valence-electron chi connectivity index (χ4n) is 7.70. The fraction of sp³-hybridized carbons (Fsp3) is 0.486. The molecule has 2 amide bonds. The SMILES string of the molecule is CC/C(=C\c1ccc(O)cc1Cl)CC[C@H]1OC[C@H]2C1=C(CO)C[C@H]1C(=O)N(C3CCN(Cc4ccccc4)CC3)C(=O)[C@H]12. The minimum absolute atomic E-state index is 0.0450. The molecule has 1 aliphatic carbocycles. The zero-order valence-electron chi connectivity index (χ0n) is 24.8. The van der Waals surface area contributed by atoms with Gasteiger partial charge >= 0.3 is 0 Å². The van der Waals surface area contributed by atoms with Gasteiger partial charge in [0.1, 0.15) is 5.75 Å². The Morgan fingerprint density at radius 1 is 1.07 bits per heavy atom. The minimum Gasteiger partial charge on any atom is -0.508 e. The molecule has 2 N–H and O–H groups in total. The Bertz CT molecular complexity index is 1410. The molecule has 7 nitrogen and oxygen atoms in total. The molecule has 0 saturated carbocycles. The molecule has 43 heavy (non-hydrogen) atoms. The smallest absolute Gasteiger partial charge is 0.234 e. The van der Waals surface area contributed by atoms with Crippen LogP contribution in [-0.4, -0.2) is 70.3 Å². The minimum atomic E-state index is -0.407. The monoisotopic (exact) mass is 604 g/mol. The van der Waals surface area contributed by atoms with Gasteiger partial charge in [0.2, 0.25) is 11.8 Å². The van der Waals surface area contributed by atoms with Crippen molar-refractivity contribution in [3.05, 3.63) is 81.4 Å². The van der Waals surface area contributed by atoms with E-state index in [1.54, 1.807) is 17.0 Å². The zero-order chi connectivity index (χ0) is 30.1. The summed E-state index contributed by atoms with van der Waals surface area (Å²) in [6.45, 7) is 4.98. The highest BCUT2D eigenvalue weighted by atomic mass is 35.5. The number of hydrogen-bond donors (Lipinski definition) is 2. The number of rotatable bonds is 9. The van der Waals surface area contributed by atoms with E-state index in [2.05, 4.69) is 42.2 Å². The van der Waals surface area contributed by atoms with Crippen molar-refractivity contribution in [1.82, 2.24) is 9.80 Å². The van der Waals surface area contributed by atoms with Crippen molar-refractivity contribution in [2.24, 2.45) is 17.8 Å². The van der Waals surface area contributed by atoms with E-state index in [9.17, 15) is 19.8 Å². The number of carbonyl (C=O) groups excluding carboxylic acids is 2. The van der Waals surface area contributed by atoms with Gasteiger partial charge in [0, 0.05) is 31.6 Å². The van der Waals surface area contributed by atoms with Gasteiger partial charge in [0.25, 0.3) is 0 Å². The third kappa shape index (κ3) is 6.05. The number of halogens is 1. The summed E-state index contributed by atoms with van der Waals surface area (Å²) in [4.78, 5) is 31.7. The molecule has 4 atom stereocenters. The maximum atomic E-state index is 13.9. The summed E-state index contributed by atoms with van der Waals surface area (Å²) in [5.41, 5.74) is 5.26. The predicted octanol–water partition coefficient (Wildman–Crippen LogP) is 5.59. The average molecular weight is 605 g/mol. The molecular formula is C35H41ClN2O5. The van der Waals surface area contributed by atoms with Crippen LogP contribution in [0.5, 0.6) is 5.75 Å². The summed E-state index contributed by atoms with van der Waals surface area (Å²) >= 11 is 6.34. The second-order valence-corrected chi connectivity index (χ2v) is 12.8. The van der Waals surface area contributed by atoms with Gasteiger partial charge < -0.3 is 14.9 Å². The van der Waals surface area contributed by atoms with E-state index in [-0.39, 0.29) is 42.2 Å². The molecule has 2 aromatic carbocycles. The van der Waals surface area contributed by atoms with Crippen LogP contribution in [0.4, 0.5) is 0 Å². The first-order valence-corrected chi connectivity index (χ1v) is 16.0. The van der Waals surface area contributed by atoms with E-state index >= 15 is 0 Å². The number of nitrogens with zero attached hydrogens (tertiary/aromatic N) is 2. The van der Waals surface area contributed by atoms with Crippen LogP contribution in [0.3, 0.4) is 0 Å². The van der Waals surface area contributed by atoms with Gasteiger partial charge in [-0.05, 0) is 79.0 Å². The molecule has 6 rings (SSSR count). The summed E-state index contributed by atoms with van der Waals surface area (Å²) in [5, 5.41) is 20.6. The van der Waals surface area contributed by atoms with Crippen molar-refractivity contribution in [3.8, 4) is 5.75 Å². The number of benzene rings is 2. The molecule has 8 heteroatoms. The van der Waals surface area contributed by atoms with Crippen LogP contribution >= 0.6 is 11.6 Å². The molecule has 3 heterocycles. The number of likely N-dealkylation sites (tertiary alicyclic amines) is 2. The van der Waals surface area contributed by atoms with Gasteiger partial charge in [-0.3, -0.25) is 19.4 Å². The number of aliphatic hydroxyl groups is 1. The molecule has 3 fully saturated rings. The van der Waals surface area contributed by atoms with Crippen molar-refractivity contribution in [2.45, 2.75) is 64.1 Å². The van der Waals surface area contributed by atoms with E-state index in [0.717, 1.165) is 68.4 Å². The van der Waals surface area contributed by atoms with Gasteiger partial charge in [-0.15, -0.1) is 0 Å². The Kier molecular flexibility index (Phi) is 9.05. The van der Waals surface area contributed by atoms with Crippen LogP contribution in [0.1, 0.15) is 56.6 Å². The number of fused-ring (bicyclic) bond motifs is 3. The fourth-order valence-corrected chi connectivity index (χ4v) is 7.93. The van der Waals surface area contributed by atoms with Crippen LogP contribution in [0.15, 0.2) is 65.3 Å². The van der Waals surface area contributed by atoms with Crippen molar-refractivity contribution >= 4 is 29.5 Å². The zero-order valence-corrected chi connectivity index (χ0v) is 25.5. The second-order valence-electron chi connectivity index (χ2n) is 12.4. The lowest BCUT2D eigenvalue weighted by Gasteiger charge is -2.36. The number of phenols is 1. The lowest BCUT2D eigenvalue weighted by atomic mass is 9.69. The topological polar surface area (TPSA) is 90.3 Å². The summed E-state index contributed by atoms with van der Waals surface area (Å²) in [5.74, 6) is -0.941. The maximum absolute atomic E-state index is 13.9. The Hall–Kier alpha value is -2.97. The van der Waals surface area contributed by atoms with E-state index in [1.807, 2.05) is 12.1 Å². The lowest BCUT2D eigenvalue weighted by Crippen LogP contribution is -2.47. The lowest BCUT2D eigenvalue weighted by molar-refractivity contribution is -0.144. The first-order valence-electron chi connectivity index (χ1n) is 15.6. The van der Waals surface area contributed by atoms with Crippen LogP contribution < -0.4 is 0 Å². The number of amides is 2. The number of piperidine rings is 1. The average Bonchev–Trinajstić information content (AvgIpc) is 3.55. The van der Waals surface area contributed by atoms with Crippen LogP contribution in [-0.2, 0) is 20.9 Å². The summed E-state index contributed by atoms with van der Waals surface area (Å²) in [6, 6.07) is 15.3. The molecule has 0 unspecified atom stereocenters. The highest BCUT2D eigenvalue weighted by molar-refractivity contribution is 6.32. The normalized spacial score (nSPS) is 26.8. The molecule has 0 bridgehead atoms. The van der Waals surface area contributed by atoms with Crippen molar-refractivity contribution in [3.63, 3.8) is 0 Å². The predicted molar refractivity (Wildman–Crippen MR) is 166 cm³/mol. The molecule has 228 valence electrons. The Labute approximate surface area is 258 Å². The van der Waals surface area contributed by atoms with E-state index in [0.29, 0.717) is 18.1 Å². The molecule has 0 radical (unpaired) electrons. The Morgan fingerprint density at radius 2 is 1.84 bits per heavy atom. The summed E-state index contributed by atoms with van der Waals surface area (Å²) in [6.07, 6.45) is 6.24. The number of phenolic OH excluding ortho intramolecular Hbond substituents is 1. The molecule has 4 aliphatic rings. The quantitative estimate of drug-likeness (QED) is 0.286. The Balaban J connectivity index is 1.12. The molecule has 2 aromatic rings. The van der Waals surface area contributed by atoms with Crippen molar-refractivity contribution in [1.29, 1.82) is 0 Å². The summed E-state index contributed by atoms with van der Waals surface area (Å²) in [7, 11) is 0. The number of allylic oxidation sites excluding steroid dienone is 1. The van der Waals surface area contributed by atoms with E-state index in [1.165, 1.54) is 11.1 Å². The number of imide groups is 1. The van der Waals surface area contributed by atoms with Crippen molar-refractivity contribution < 1.29 is 24.5 Å². The largest absolute Gasteiger partial charge is 0.508 e. The second kappa shape index (κ2) is 12.9. The number of aliphatic hydroxyl groups excluding tert-OH is 1. The Morgan fingerprint density at radius 3 is 2.53 bits per heavy atom. The molecule has 3 saturated heterocycles. The van der Waals surface area contributed by atoms with Gasteiger partial charge in [-0.2, -0.15) is 0 Å². The molecular weight excluding hydrogens is 564 g/mol.